The van der Waals surface area contributed by atoms with Crippen molar-refractivity contribution in [3.8, 4) is 0 Å². The number of fused-ring (bicyclic) bond motifs is 1. The number of non-ortho nitro benzene ring substituents is 1. The van der Waals surface area contributed by atoms with E-state index in [1.165, 1.54) is 36.4 Å². The summed E-state index contributed by atoms with van der Waals surface area (Å²) < 4.78 is 1.06. The summed E-state index contributed by atoms with van der Waals surface area (Å²) in [4.78, 5) is 26.2. The predicted octanol–water partition coefficient (Wildman–Crippen LogP) is 1.32. The van der Waals surface area contributed by atoms with Gasteiger partial charge in [0.25, 0.3) is 17.4 Å². The quantitative estimate of drug-likeness (QED) is 0.283. The zero-order chi connectivity index (χ0) is 20.3. The number of aliphatic imine (C=N–C) groups is 1. The van der Waals surface area contributed by atoms with Crippen LogP contribution in [0.4, 0.5) is 5.69 Å². The number of nitrogens with zero attached hydrogens (tertiary/aromatic N) is 4. The van der Waals surface area contributed by atoms with Crippen LogP contribution < -0.4 is 4.43 Å². The van der Waals surface area contributed by atoms with E-state index in [0.717, 1.165) is 12.4 Å². The van der Waals surface area contributed by atoms with Gasteiger partial charge in [0.1, 0.15) is 23.4 Å². The fourth-order valence-electron chi connectivity index (χ4n) is 2.71. The third-order valence-electron chi connectivity index (χ3n) is 4.22. The first-order valence-electron chi connectivity index (χ1n) is 8.23. The van der Waals surface area contributed by atoms with Crippen molar-refractivity contribution in [2.24, 2.45) is 4.99 Å². The largest absolute Gasteiger partial charge is 0.805 e. The SMILES string of the molecule is O=[N+]([O-])c1ccc(C(O)C(CO)N=Cc2c[n+](=O)c3ccccc3n2[O-])cc1. The van der Waals surface area contributed by atoms with Crippen molar-refractivity contribution in [1.29, 1.82) is 0 Å². The van der Waals surface area contributed by atoms with Crippen LogP contribution in [0.1, 0.15) is 17.4 Å². The Bertz CT molecular complexity index is 1090. The minimum absolute atomic E-state index is 0.0666. The number of hydrogen-bond acceptors (Lipinski definition) is 7. The third kappa shape index (κ3) is 3.72. The van der Waals surface area contributed by atoms with Crippen molar-refractivity contribution in [1.82, 2.24) is 4.73 Å². The number of para-hydroxylation sites is 2. The number of nitro groups is 1. The molecule has 3 rings (SSSR count). The molecule has 0 spiro atoms. The highest BCUT2D eigenvalue weighted by Gasteiger charge is 2.20. The molecule has 0 saturated carbocycles. The van der Waals surface area contributed by atoms with Crippen molar-refractivity contribution < 1.29 is 19.6 Å². The van der Waals surface area contributed by atoms with Gasteiger partial charge in [-0.3, -0.25) is 15.1 Å². The molecule has 0 aliphatic carbocycles. The Labute approximate surface area is 158 Å². The van der Waals surface area contributed by atoms with Gasteiger partial charge in [-0.1, -0.05) is 12.1 Å². The fourth-order valence-corrected chi connectivity index (χ4v) is 2.71. The molecule has 2 atom stereocenters. The molecule has 0 bridgehead atoms. The molecule has 10 heteroatoms. The summed E-state index contributed by atoms with van der Waals surface area (Å²) in [7, 11) is 0. The maximum Gasteiger partial charge on any atom is 0.286 e. The zero-order valence-electron chi connectivity index (χ0n) is 14.5. The molecule has 1 heterocycles. The van der Waals surface area contributed by atoms with Crippen LogP contribution in [-0.4, -0.2) is 38.7 Å². The van der Waals surface area contributed by atoms with E-state index >= 15 is 0 Å². The lowest BCUT2D eigenvalue weighted by Gasteiger charge is -2.18. The molecule has 28 heavy (non-hydrogen) atoms. The van der Waals surface area contributed by atoms with E-state index < -0.39 is 23.7 Å². The Morgan fingerprint density at radius 1 is 1.21 bits per heavy atom. The van der Waals surface area contributed by atoms with Crippen molar-refractivity contribution in [3.63, 3.8) is 0 Å². The molecule has 2 unspecified atom stereocenters. The monoisotopic (exact) mass is 384 g/mol. The van der Waals surface area contributed by atoms with Crippen molar-refractivity contribution in [2.75, 3.05) is 6.61 Å². The lowest BCUT2D eigenvalue weighted by atomic mass is 10.0. The first-order chi connectivity index (χ1) is 13.4. The Kier molecular flexibility index (Phi) is 5.43. The molecule has 2 aromatic carbocycles. The minimum Gasteiger partial charge on any atom is -0.805 e. The molecule has 2 N–H and O–H groups in total. The van der Waals surface area contributed by atoms with Gasteiger partial charge < -0.3 is 20.2 Å². The molecule has 3 aromatic rings. The normalized spacial score (nSPS) is 13.6. The highest BCUT2D eigenvalue weighted by molar-refractivity contribution is 5.81. The average molecular weight is 384 g/mol. The van der Waals surface area contributed by atoms with E-state index in [4.69, 9.17) is 0 Å². The Balaban J connectivity index is 1.89. The number of aromatic nitrogens is 2. The molecule has 0 amide bonds. The standard InChI is InChI=1S/C18H16N4O6/c23-11-15(18(24)12-5-7-13(8-6-12)22(27)28)19-9-14-10-20(25)16-3-1-2-4-17(16)21(14)26/h1-10,15,18,23-24H,11H2. The van der Waals surface area contributed by atoms with Crippen LogP contribution in [-0.2, 0) is 0 Å². The molecule has 0 radical (unpaired) electrons. The van der Waals surface area contributed by atoms with Crippen LogP contribution in [0.15, 0.2) is 59.7 Å². The lowest BCUT2D eigenvalue weighted by Crippen LogP contribution is -2.23. The Morgan fingerprint density at radius 3 is 2.54 bits per heavy atom. The molecule has 0 aliphatic rings. The van der Waals surface area contributed by atoms with Crippen LogP contribution in [0, 0.1) is 20.2 Å². The molecule has 0 aliphatic heterocycles. The van der Waals surface area contributed by atoms with Crippen LogP contribution in [0.2, 0.25) is 0 Å². The van der Waals surface area contributed by atoms with Gasteiger partial charge in [-0.25, -0.2) is 0 Å². The maximum absolute atomic E-state index is 12.4. The highest BCUT2D eigenvalue weighted by atomic mass is 16.6. The van der Waals surface area contributed by atoms with Gasteiger partial charge in [-0.15, -0.1) is 0 Å². The molecular weight excluding hydrogens is 368 g/mol. The van der Waals surface area contributed by atoms with E-state index in [9.17, 15) is 30.4 Å². The van der Waals surface area contributed by atoms with E-state index in [2.05, 4.69) is 4.99 Å². The third-order valence-corrected chi connectivity index (χ3v) is 4.22. The summed E-state index contributed by atoms with van der Waals surface area (Å²) in [5, 5.41) is 43.0. The van der Waals surface area contributed by atoms with Gasteiger partial charge in [0, 0.05) is 23.1 Å². The van der Waals surface area contributed by atoms with E-state index in [1.807, 2.05) is 0 Å². The summed E-state index contributed by atoms with van der Waals surface area (Å²) in [5.74, 6) is 0. The van der Waals surface area contributed by atoms with Gasteiger partial charge in [-0.2, -0.15) is 0 Å². The van der Waals surface area contributed by atoms with Gasteiger partial charge >= 0.3 is 0 Å². The maximum atomic E-state index is 12.4. The van der Waals surface area contributed by atoms with Crippen LogP contribution in [0.25, 0.3) is 11.0 Å². The van der Waals surface area contributed by atoms with E-state index in [-0.39, 0.29) is 22.4 Å². The van der Waals surface area contributed by atoms with Crippen LogP contribution in [0.3, 0.4) is 0 Å². The van der Waals surface area contributed by atoms with Crippen molar-refractivity contribution >= 4 is 22.9 Å². The van der Waals surface area contributed by atoms with Crippen molar-refractivity contribution in [3.05, 3.63) is 86.2 Å². The second-order valence-electron chi connectivity index (χ2n) is 5.98. The van der Waals surface area contributed by atoms with E-state index in [0.29, 0.717) is 14.7 Å². The van der Waals surface area contributed by atoms with Gasteiger partial charge in [0.15, 0.2) is 0 Å². The minimum atomic E-state index is -1.26. The summed E-state index contributed by atoms with van der Waals surface area (Å²) in [6.07, 6.45) is 0.886. The summed E-state index contributed by atoms with van der Waals surface area (Å²) in [5.41, 5.74) is 0.456. The van der Waals surface area contributed by atoms with Crippen molar-refractivity contribution in [2.45, 2.75) is 12.1 Å². The lowest BCUT2D eigenvalue weighted by molar-refractivity contribution is -0.464. The Hall–Kier alpha value is -3.63. The topological polar surface area (TPSA) is 147 Å². The smallest absolute Gasteiger partial charge is 0.286 e. The van der Waals surface area contributed by atoms with Gasteiger partial charge in [0.05, 0.1) is 22.2 Å². The number of benzene rings is 2. The molecule has 144 valence electrons. The number of aliphatic hydroxyl groups is 2. The van der Waals surface area contributed by atoms with Gasteiger partial charge in [0.2, 0.25) is 0 Å². The number of aliphatic hydroxyl groups excluding tert-OH is 2. The Morgan fingerprint density at radius 2 is 1.89 bits per heavy atom. The second-order valence-corrected chi connectivity index (χ2v) is 5.98. The first-order valence-corrected chi connectivity index (χ1v) is 8.23. The molecule has 0 fully saturated rings. The summed E-state index contributed by atoms with van der Waals surface area (Å²) >= 11 is 0. The predicted molar refractivity (Wildman–Crippen MR) is 101 cm³/mol. The highest BCUT2D eigenvalue weighted by Crippen LogP contribution is 2.22. The van der Waals surface area contributed by atoms with Crippen LogP contribution >= 0.6 is 0 Å². The number of rotatable bonds is 6. The summed E-state index contributed by atoms with van der Waals surface area (Å²) in [6.45, 7) is -0.543. The zero-order valence-corrected chi connectivity index (χ0v) is 14.5. The fraction of sp³-hybridized carbons (Fsp3) is 0.167. The van der Waals surface area contributed by atoms with Crippen LogP contribution in [0.5, 0.6) is 0 Å². The molecule has 10 nitrogen and oxygen atoms in total. The average Bonchev–Trinajstić information content (AvgIpc) is 2.71. The number of hydrogen-bond donors (Lipinski definition) is 2. The molecular formula is C18H16N4O6. The van der Waals surface area contributed by atoms with E-state index in [1.54, 1.807) is 12.1 Å². The molecule has 1 aromatic heterocycles. The molecule has 0 saturated heterocycles. The van der Waals surface area contributed by atoms with Gasteiger partial charge in [-0.05, 0) is 23.8 Å². The second kappa shape index (κ2) is 7.94. The number of nitro benzene ring substituents is 1. The summed E-state index contributed by atoms with van der Waals surface area (Å²) in [6, 6.07) is 10.4. The first kappa shape index (κ1) is 19.1.